The normalized spacial score (nSPS) is 13.0. The van der Waals surface area contributed by atoms with E-state index >= 15 is 0 Å². The maximum atomic E-state index is 12.6. The standard InChI is InChI=1S/C19H20N2O2/c1-11(2)15-6-4-5-12(3)18(15)21-19(23)13-7-8-16-14(9-13)10-17(22)20-16/h4-9,11H,10H2,1-3H3,(H,20,22)(H,21,23). The van der Waals surface area contributed by atoms with Gasteiger partial charge in [-0.05, 0) is 47.7 Å². The molecule has 23 heavy (non-hydrogen) atoms. The second kappa shape index (κ2) is 5.88. The van der Waals surface area contributed by atoms with Crippen molar-refractivity contribution in [2.24, 2.45) is 0 Å². The van der Waals surface area contributed by atoms with Gasteiger partial charge in [0.25, 0.3) is 5.91 Å². The van der Waals surface area contributed by atoms with E-state index in [1.54, 1.807) is 18.2 Å². The highest BCUT2D eigenvalue weighted by molar-refractivity contribution is 6.07. The van der Waals surface area contributed by atoms with Crippen LogP contribution in [0.2, 0.25) is 0 Å². The monoisotopic (exact) mass is 308 g/mol. The zero-order valence-corrected chi connectivity index (χ0v) is 13.6. The van der Waals surface area contributed by atoms with E-state index in [1.165, 1.54) is 0 Å². The molecule has 2 aromatic rings. The van der Waals surface area contributed by atoms with Crippen LogP contribution in [-0.4, -0.2) is 11.8 Å². The number of fused-ring (bicyclic) bond motifs is 1. The van der Waals surface area contributed by atoms with E-state index in [-0.39, 0.29) is 11.8 Å². The summed E-state index contributed by atoms with van der Waals surface area (Å²) in [6.45, 7) is 6.21. The zero-order valence-electron chi connectivity index (χ0n) is 13.6. The molecule has 0 fully saturated rings. The van der Waals surface area contributed by atoms with E-state index in [0.29, 0.717) is 17.9 Å². The highest BCUT2D eigenvalue weighted by Gasteiger charge is 2.20. The number of benzene rings is 2. The van der Waals surface area contributed by atoms with Gasteiger partial charge < -0.3 is 10.6 Å². The van der Waals surface area contributed by atoms with Gasteiger partial charge in [-0.15, -0.1) is 0 Å². The van der Waals surface area contributed by atoms with Crippen LogP contribution in [0, 0.1) is 6.92 Å². The summed E-state index contributed by atoms with van der Waals surface area (Å²) in [4.78, 5) is 24.0. The number of rotatable bonds is 3. The van der Waals surface area contributed by atoms with Gasteiger partial charge in [-0.1, -0.05) is 32.0 Å². The zero-order chi connectivity index (χ0) is 16.6. The van der Waals surface area contributed by atoms with Gasteiger partial charge in [0.05, 0.1) is 6.42 Å². The molecular weight excluding hydrogens is 288 g/mol. The average Bonchev–Trinajstić information content (AvgIpc) is 2.87. The van der Waals surface area contributed by atoms with Crippen LogP contribution in [0.25, 0.3) is 0 Å². The fourth-order valence-electron chi connectivity index (χ4n) is 2.90. The number of anilines is 2. The lowest BCUT2D eigenvalue weighted by atomic mass is 9.98. The van der Waals surface area contributed by atoms with Crippen molar-refractivity contribution in [3.05, 3.63) is 58.7 Å². The van der Waals surface area contributed by atoms with E-state index in [0.717, 1.165) is 28.1 Å². The smallest absolute Gasteiger partial charge is 0.255 e. The van der Waals surface area contributed by atoms with Crippen molar-refractivity contribution in [2.45, 2.75) is 33.1 Å². The molecule has 1 aliphatic rings. The SMILES string of the molecule is Cc1cccc(C(C)C)c1NC(=O)c1ccc2c(c1)CC(=O)N2. The number of amides is 2. The van der Waals surface area contributed by atoms with Gasteiger partial charge in [0, 0.05) is 16.9 Å². The minimum absolute atomic E-state index is 0.0291. The molecule has 0 aliphatic carbocycles. The Morgan fingerprint density at radius 2 is 2.00 bits per heavy atom. The highest BCUT2D eigenvalue weighted by atomic mass is 16.2. The van der Waals surface area contributed by atoms with Crippen LogP contribution in [0.3, 0.4) is 0 Å². The first kappa shape index (κ1) is 15.3. The third-order valence-electron chi connectivity index (χ3n) is 4.16. The predicted molar refractivity (Wildman–Crippen MR) is 92.0 cm³/mol. The van der Waals surface area contributed by atoms with E-state index < -0.39 is 0 Å². The molecule has 1 aliphatic heterocycles. The van der Waals surface area contributed by atoms with Crippen molar-refractivity contribution in [3.63, 3.8) is 0 Å². The van der Waals surface area contributed by atoms with Crippen LogP contribution in [-0.2, 0) is 11.2 Å². The lowest BCUT2D eigenvalue weighted by Gasteiger charge is -2.16. The maximum absolute atomic E-state index is 12.6. The lowest BCUT2D eigenvalue weighted by molar-refractivity contribution is -0.115. The van der Waals surface area contributed by atoms with Crippen molar-refractivity contribution in [3.8, 4) is 0 Å². The second-order valence-electron chi connectivity index (χ2n) is 6.24. The molecule has 1 heterocycles. The molecule has 4 heteroatoms. The largest absolute Gasteiger partial charge is 0.326 e. The van der Waals surface area contributed by atoms with Crippen molar-refractivity contribution in [2.75, 3.05) is 10.6 Å². The second-order valence-corrected chi connectivity index (χ2v) is 6.24. The Labute approximate surface area is 135 Å². The molecule has 4 nitrogen and oxygen atoms in total. The van der Waals surface area contributed by atoms with E-state index in [2.05, 4.69) is 24.5 Å². The molecule has 118 valence electrons. The van der Waals surface area contributed by atoms with Crippen molar-refractivity contribution in [1.29, 1.82) is 0 Å². The Kier molecular flexibility index (Phi) is 3.90. The number of hydrogen-bond donors (Lipinski definition) is 2. The van der Waals surface area contributed by atoms with Crippen LogP contribution in [0.15, 0.2) is 36.4 Å². The number of carbonyl (C=O) groups is 2. The first-order valence-corrected chi connectivity index (χ1v) is 7.79. The van der Waals surface area contributed by atoms with Gasteiger partial charge in [0.15, 0.2) is 0 Å². The minimum atomic E-state index is -0.150. The predicted octanol–water partition coefficient (Wildman–Crippen LogP) is 3.87. The number of para-hydroxylation sites is 1. The molecular formula is C19H20N2O2. The van der Waals surface area contributed by atoms with Gasteiger partial charge in [-0.25, -0.2) is 0 Å². The Morgan fingerprint density at radius 3 is 2.74 bits per heavy atom. The Morgan fingerprint density at radius 1 is 1.22 bits per heavy atom. The van der Waals surface area contributed by atoms with Crippen LogP contribution >= 0.6 is 0 Å². The van der Waals surface area contributed by atoms with Gasteiger partial charge >= 0.3 is 0 Å². The molecule has 2 aromatic carbocycles. The van der Waals surface area contributed by atoms with E-state index in [1.807, 2.05) is 25.1 Å². The number of aryl methyl sites for hydroxylation is 1. The van der Waals surface area contributed by atoms with Crippen LogP contribution < -0.4 is 10.6 Å². The first-order valence-electron chi connectivity index (χ1n) is 7.79. The molecule has 0 unspecified atom stereocenters. The summed E-state index contributed by atoms with van der Waals surface area (Å²) in [5.41, 5.74) is 5.28. The van der Waals surface area contributed by atoms with Crippen molar-refractivity contribution in [1.82, 2.24) is 0 Å². The molecule has 3 rings (SSSR count). The Balaban J connectivity index is 1.89. The summed E-state index contributed by atoms with van der Waals surface area (Å²) in [6.07, 6.45) is 0.331. The summed E-state index contributed by atoms with van der Waals surface area (Å²) >= 11 is 0. The Bertz CT molecular complexity index is 794. The van der Waals surface area contributed by atoms with Gasteiger partial charge in [0.2, 0.25) is 5.91 Å². The molecule has 0 spiro atoms. The van der Waals surface area contributed by atoms with Gasteiger partial charge in [-0.3, -0.25) is 9.59 Å². The third-order valence-corrected chi connectivity index (χ3v) is 4.16. The topological polar surface area (TPSA) is 58.2 Å². The quantitative estimate of drug-likeness (QED) is 0.904. The number of carbonyl (C=O) groups excluding carboxylic acids is 2. The summed E-state index contributed by atoms with van der Waals surface area (Å²) in [5.74, 6) is 0.147. The minimum Gasteiger partial charge on any atom is -0.326 e. The summed E-state index contributed by atoms with van der Waals surface area (Å²) in [7, 11) is 0. The van der Waals surface area contributed by atoms with Crippen LogP contribution in [0.4, 0.5) is 11.4 Å². The highest BCUT2D eigenvalue weighted by Crippen LogP contribution is 2.29. The Hall–Kier alpha value is -2.62. The molecule has 0 aromatic heterocycles. The number of hydrogen-bond acceptors (Lipinski definition) is 2. The molecule has 0 atom stereocenters. The molecule has 0 saturated carbocycles. The fourth-order valence-corrected chi connectivity index (χ4v) is 2.90. The maximum Gasteiger partial charge on any atom is 0.255 e. The summed E-state index contributed by atoms with van der Waals surface area (Å²) in [6, 6.07) is 11.4. The van der Waals surface area contributed by atoms with Crippen molar-refractivity contribution < 1.29 is 9.59 Å². The van der Waals surface area contributed by atoms with Crippen molar-refractivity contribution >= 4 is 23.2 Å². The molecule has 2 amide bonds. The van der Waals surface area contributed by atoms with Crippen LogP contribution in [0.1, 0.15) is 46.8 Å². The van der Waals surface area contributed by atoms with E-state index in [4.69, 9.17) is 0 Å². The molecule has 2 N–H and O–H groups in total. The van der Waals surface area contributed by atoms with Gasteiger partial charge in [-0.2, -0.15) is 0 Å². The van der Waals surface area contributed by atoms with Crippen LogP contribution in [0.5, 0.6) is 0 Å². The third kappa shape index (κ3) is 2.97. The molecule has 0 radical (unpaired) electrons. The number of nitrogens with one attached hydrogen (secondary N) is 2. The first-order chi connectivity index (χ1) is 11.0. The lowest BCUT2D eigenvalue weighted by Crippen LogP contribution is -2.15. The summed E-state index contributed by atoms with van der Waals surface area (Å²) in [5, 5.41) is 5.81. The van der Waals surface area contributed by atoms with E-state index in [9.17, 15) is 9.59 Å². The molecule has 0 saturated heterocycles. The summed E-state index contributed by atoms with van der Waals surface area (Å²) < 4.78 is 0. The van der Waals surface area contributed by atoms with Gasteiger partial charge in [0.1, 0.15) is 0 Å². The average molecular weight is 308 g/mol. The fraction of sp³-hybridized carbons (Fsp3) is 0.263. The molecule has 0 bridgehead atoms.